The van der Waals surface area contributed by atoms with Gasteiger partial charge in [0, 0.05) is 28.6 Å². The van der Waals surface area contributed by atoms with Gasteiger partial charge in [0.2, 0.25) is 5.91 Å². The van der Waals surface area contributed by atoms with E-state index < -0.39 is 0 Å². The molecule has 1 heterocycles. The summed E-state index contributed by atoms with van der Waals surface area (Å²) in [5, 5.41) is 7.93. The Morgan fingerprint density at radius 1 is 1.10 bits per heavy atom. The van der Waals surface area contributed by atoms with E-state index >= 15 is 0 Å². The Labute approximate surface area is 180 Å². The third-order valence-corrected chi connectivity index (χ3v) is 6.54. The van der Waals surface area contributed by atoms with Gasteiger partial charge in [-0.25, -0.2) is 4.98 Å². The highest BCUT2D eigenvalue weighted by Gasteiger charge is 2.26. The molecule has 1 aliphatic rings. The Bertz CT molecular complexity index is 954. The molecule has 2 aromatic carbocycles. The van der Waals surface area contributed by atoms with Crippen LogP contribution in [-0.2, 0) is 11.2 Å². The van der Waals surface area contributed by atoms with Crippen LogP contribution in [-0.4, -0.2) is 16.9 Å². The molecule has 0 saturated heterocycles. The van der Waals surface area contributed by atoms with Crippen LogP contribution in [0.15, 0.2) is 60.8 Å². The van der Waals surface area contributed by atoms with Gasteiger partial charge in [-0.3, -0.25) is 10.1 Å². The number of anilines is 1. The zero-order chi connectivity index (χ0) is 20.1. The first-order valence-electron chi connectivity index (χ1n) is 9.99. The highest BCUT2D eigenvalue weighted by Crippen LogP contribution is 2.27. The van der Waals surface area contributed by atoms with Crippen LogP contribution in [0.5, 0.6) is 0 Å². The van der Waals surface area contributed by atoms with Crippen molar-refractivity contribution in [2.75, 3.05) is 5.32 Å². The van der Waals surface area contributed by atoms with Gasteiger partial charge in [-0.1, -0.05) is 73.0 Å². The van der Waals surface area contributed by atoms with Gasteiger partial charge in [0.15, 0.2) is 5.13 Å². The van der Waals surface area contributed by atoms with Crippen LogP contribution in [0.25, 0.3) is 0 Å². The van der Waals surface area contributed by atoms with Crippen LogP contribution in [0.3, 0.4) is 0 Å². The normalized spacial score (nSPS) is 15.3. The molecule has 1 aliphatic carbocycles. The van der Waals surface area contributed by atoms with Gasteiger partial charge in [0.05, 0.1) is 0 Å². The lowest BCUT2D eigenvalue weighted by atomic mass is 10.0. The fourth-order valence-electron chi connectivity index (χ4n) is 3.75. The van der Waals surface area contributed by atoms with E-state index in [-0.39, 0.29) is 11.9 Å². The van der Waals surface area contributed by atoms with Crippen LogP contribution in [0.1, 0.15) is 47.7 Å². The van der Waals surface area contributed by atoms with Crippen LogP contribution < -0.4 is 10.6 Å². The number of rotatable bonds is 7. The second kappa shape index (κ2) is 9.53. The number of halogens is 1. The molecule has 150 valence electrons. The van der Waals surface area contributed by atoms with Crippen molar-refractivity contribution in [2.24, 2.45) is 0 Å². The summed E-state index contributed by atoms with van der Waals surface area (Å²) in [5.41, 5.74) is 2.03. The molecule has 1 aromatic heterocycles. The second-order valence-corrected chi connectivity index (χ2v) is 8.90. The highest BCUT2D eigenvalue weighted by atomic mass is 35.5. The third kappa shape index (κ3) is 5.24. The maximum Gasteiger partial charge on any atom is 0.247 e. The number of carbonyl (C=O) groups excluding carboxylic acids is 1. The molecular weight excluding hydrogens is 402 g/mol. The van der Waals surface area contributed by atoms with Crippen molar-refractivity contribution in [3.8, 4) is 0 Å². The number of amides is 1. The number of benzene rings is 2. The number of nitrogens with zero attached hydrogens (tertiary/aromatic N) is 1. The van der Waals surface area contributed by atoms with Crippen LogP contribution in [0.2, 0.25) is 5.02 Å². The first-order valence-corrected chi connectivity index (χ1v) is 11.2. The monoisotopic (exact) mass is 425 g/mol. The highest BCUT2D eigenvalue weighted by molar-refractivity contribution is 7.15. The number of hydrogen-bond acceptors (Lipinski definition) is 4. The first kappa shape index (κ1) is 20.1. The predicted octanol–water partition coefficient (Wildman–Crippen LogP) is 5.60. The molecule has 0 radical (unpaired) electrons. The van der Waals surface area contributed by atoms with Crippen molar-refractivity contribution in [1.29, 1.82) is 0 Å². The fourth-order valence-corrected chi connectivity index (χ4v) is 4.79. The molecule has 1 saturated carbocycles. The zero-order valence-electron chi connectivity index (χ0n) is 16.1. The minimum Gasteiger partial charge on any atom is -0.300 e. The van der Waals surface area contributed by atoms with Crippen molar-refractivity contribution < 1.29 is 4.79 Å². The van der Waals surface area contributed by atoms with Crippen molar-refractivity contribution in [2.45, 2.75) is 44.2 Å². The average Bonchev–Trinajstić information content (AvgIpc) is 3.40. The maximum absolute atomic E-state index is 13.1. The molecule has 6 heteroatoms. The minimum atomic E-state index is -0.379. The molecule has 0 bridgehead atoms. The summed E-state index contributed by atoms with van der Waals surface area (Å²) in [7, 11) is 0. The molecule has 2 N–H and O–H groups in total. The Morgan fingerprint density at radius 3 is 2.59 bits per heavy atom. The minimum absolute atomic E-state index is 0.0678. The summed E-state index contributed by atoms with van der Waals surface area (Å²) in [6.07, 6.45) is 7.20. The summed E-state index contributed by atoms with van der Waals surface area (Å²) in [4.78, 5) is 18.6. The van der Waals surface area contributed by atoms with Gasteiger partial charge in [0.1, 0.15) is 6.04 Å². The third-order valence-electron chi connectivity index (χ3n) is 5.26. The van der Waals surface area contributed by atoms with Crippen LogP contribution in [0, 0.1) is 0 Å². The summed E-state index contributed by atoms with van der Waals surface area (Å²) in [5.74, 6) is -0.0678. The van der Waals surface area contributed by atoms with Gasteiger partial charge < -0.3 is 5.32 Å². The SMILES string of the molecule is O=C(Nc1ncc(Cc2ccccc2Cl)s1)C(NC1CCCC1)c1ccccc1. The van der Waals surface area contributed by atoms with Crippen LogP contribution >= 0.6 is 22.9 Å². The van der Waals surface area contributed by atoms with Gasteiger partial charge in [0.25, 0.3) is 0 Å². The number of hydrogen-bond donors (Lipinski definition) is 2. The van der Waals surface area contributed by atoms with E-state index in [0.29, 0.717) is 17.6 Å². The lowest BCUT2D eigenvalue weighted by Crippen LogP contribution is -2.38. The van der Waals surface area contributed by atoms with Gasteiger partial charge in [-0.2, -0.15) is 0 Å². The smallest absolute Gasteiger partial charge is 0.247 e. The van der Waals surface area contributed by atoms with Crippen molar-refractivity contribution in [3.05, 3.63) is 81.8 Å². The second-order valence-electron chi connectivity index (χ2n) is 7.38. The molecule has 0 aliphatic heterocycles. The van der Waals surface area contributed by atoms with E-state index in [1.807, 2.05) is 60.8 Å². The lowest BCUT2D eigenvalue weighted by Gasteiger charge is -2.22. The van der Waals surface area contributed by atoms with Gasteiger partial charge in [-0.15, -0.1) is 11.3 Å². The largest absolute Gasteiger partial charge is 0.300 e. The Morgan fingerprint density at radius 2 is 1.83 bits per heavy atom. The van der Waals surface area contributed by atoms with E-state index in [1.165, 1.54) is 24.2 Å². The molecule has 1 atom stereocenters. The number of thiazole rings is 1. The van der Waals surface area contributed by atoms with Crippen molar-refractivity contribution >= 4 is 34.0 Å². The quantitative estimate of drug-likeness (QED) is 0.518. The predicted molar refractivity (Wildman–Crippen MR) is 120 cm³/mol. The topological polar surface area (TPSA) is 54.0 Å². The molecule has 3 aromatic rings. The van der Waals surface area contributed by atoms with E-state index in [1.54, 1.807) is 0 Å². The van der Waals surface area contributed by atoms with Crippen LogP contribution in [0.4, 0.5) is 5.13 Å². The fraction of sp³-hybridized carbons (Fsp3) is 0.304. The lowest BCUT2D eigenvalue weighted by molar-refractivity contribution is -0.118. The van der Waals surface area contributed by atoms with Crippen molar-refractivity contribution in [3.63, 3.8) is 0 Å². The van der Waals surface area contributed by atoms with Gasteiger partial charge >= 0.3 is 0 Å². The molecule has 4 rings (SSSR count). The molecule has 1 fully saturated rings. The van der Waals surface area contributed by atoms with Crippen molar-refractivity contribution in [1.82, 2.24) is 10.3 Å². The molecule has 29 heavy (non-hydrogen) atoms. The standard InChI is InChI=1S/C23H24ClN3OS/c24-20-13-7-4-10-17(20)14-19-15-25-23(29-19)27-22(28)21(16-8-2-1-3-9-16)26-18-11-5-6-12-18/h1-4,7-10,13,15,18,21,26H,5-6,11-12,14H2,(H,25,27,28). The summed E-state index contributed by atoms with van der Waals surface area (Å²) >= 11 is 7.75. The van der Waals surface area contributed by atoms with E-state index in [4.69, 9.17) is 11.6 Å². The van der Waals surface area contributed by atoms with E-state index in [2.05, 4.69) is 15.6 Å². The first-order chi connectivity index (χ1) is 14.2. The Kier molecular flexibility index (Phi) is 6.60. The number of carbonyl (C=O) groups is 1. The molecule has 4 nitrogen and oxygen atoms in total. The van der Waals surface area contributed by atoms with E-state index in [9.17, 15) is 4.79 Å². The van der Waals surface area contributed by atoms with Gasteiger partial charge in [-0.05, 0) is 30.0 Å². The molecule has 1 amide bonds. The zero-order valence-corrected chi connectivity index (χ0v) is 17.7. The molecular formula is C23H24ClN3OS. The summed E-state index contributed by atoms with van der Waals surface area (Å²) in [6.45, 7) is 0. The Hall–Kier alpha value is -2.21. The maximum atomic E-state index is 13.1. The number of nitrogens with one attached hydrogen (secondary N) is 2. The van der Waals surface area contributed by atoms with E-state index in [0.717, 1.165) is 33.9 Å². The molecule has 1 unspecified atom stereocenters. The summed E-state index contributed by atoms with van der Waals surface area (Å²) < 4.78 is 0. The Balaban J connectivity index is 1.46. The average molecular weight is 426 g/mol. The number of aromatic nitrogens is 1. The molecule has 0 spiro atoms. The summed E-state index contributed by atoms with van der Waals surface area (Å²) in [6, 6.07) is 17.7.